The molecule has 0 unspecified atom stereocenters. The van der Waals surface area contributed by atoms with Gasteiger partial charge >= 0.3 is 0 Å². The van der Waals surface area contributed by atoms with Crippen LogP contribution in [-0.2, 0) is 0 Å². The highest BCUT2D eigenvalue weighted by Crippen LogP contribution is 2.09. The third-order valence-electron chi connectivity index (χ3n) is 2.56. The topological polar surface area (TPSA) is 67.2 Å². The quantitative estimate of drug-likeness (QED) is 0.794. The molecule has 0 radical (unpaired) electrons. The van der Waals surface area contributed by atoms with Crippen LogP contribution in [0, 0.1) is 5.82 Å². The Morgan fingerprint density at radius 1 is 1.37 bits per heavy atom. The van der Waals surface area contributed by atoms with Gasteiger partial charge in [-0.05, 0) is 30.7 Å². The first kappa shape index (κ1) is 13.2. The molecule has 1 heterocycles. The number of carbonyl (C=O) groups is 1. The molecular weight excluding hydrogens is 249 g/mol. The van der Waals surface area contributed by atoms with Crippen molar-refractivity contribution in [3.05, 3.63) is 48.3 Å². The number of carbonyl (C=O) groups excluding carboxylic acids is 1. The first-order valence-corrected chi connectivity index (χ1v) is 5.89. The van der Waals surface area contributed by atoms with E-state index < -0.39 is 0 Å². The number of amides is 1. The monoisotopic (exact) mass is 263 g/mol. The van der Waals surface area contributed by atoms with Gasteiger partial charge in [0.05, 0.1) is 0 Å². The van der Waals surface area contributed by atoms with Crippen LogP contribution in [0.4, 0.5) is 4.39 Å². The summed E-state index contributed by atoms with van der Waals surface area (Å²) in [5, 5.41) is 11.3. The second kappa shape index (κ2) is 6.10. The molecule has 1 aromatic carbocycles. The standard InChI is InChI=1S/C13H14FN3O2/c14-10-2-4-11(5-3-10)17-8-12(16-9-17)13(19)15-6-1-7-18/h2-5,8-9,18H,1,6-7H2,(H,15,19). The Balaban J connectivity index is 2.06. The summed E-state index contributed by atoms with van der Waals surface area (Å²) in [7, 11) is 0. The summed E-state index contributed by atoms with van der Waals surface area (Å²) in [5.74, 6) is -0.611. The Labute approximate surface area is 109 Å². The molecule has 0 bridgehead atoms. The van der Waals surface area contributed by atoms with Crippen molar-refractivity contribution in [3.8, 4) is 5.69 Å². The molecule has 19 heavy (non-hydrogen) atoms. The van der Waals surface area contributed by atoms with Crippen molar-refractivity contribution in [1.82, 2.24) is 14.9 Å². The first-order chi connectivity index (χ1) is 9.20. The van der Waals surface area contributed by atoms with Gasteiger partial charge in [0.1, 0.15) is 17.8 Å². The molecule has 2 N–H and O–H groups in total. The summed E-state index contributed by atoms with van der Waals surface area (Å²) in [6.45, 7) is 0.434. The fourth-order valence-electron chi connectivity index (χ4n) is 1.57. The van der Waals surface area contributed by atoms with Crippen LogP contribution in [-0.4, -0.2) is 33.7 Å². The molecule has 1 amide bonds. The van der Waals surface area contributed by atoms with Gasteiger partial charge in [0.2, 0.25) is 0 Å². The maximum Gasteiger partial charge on any atom is 0.271 e. The van der Waals surface area contributed by atoms with Crippen LogP contribution in [0.1, 0.15) is 16.9 Å². The van der Waals surface area contributed by atoms with Gasteiger partial charge in [-0.15, -0.1) is 0 Å². The van der Waals surface area contributed by atoms with E-state index in [2.05, 4.69) is 10.3 Å². The zero-order chi connectivity index (χ0) is 13.7. The van der Waals surface area contributed by atoms with Gasteiger partial charge in [-0.3, -0.25) is 4.79 Å². The second-order valence-corrected chi connectivity index (χ2v) is 3.98. The second-order valence-electron chi connectivity index (χ2n) is 3.98. The number of aliphatic hydroxyl groups is 1. The molecule has 0 aliphatic rings. The van der Waals surface area contributed by atoms with E-state index in [-0.39, 0.29) is 24.0 Å². The lowest BCUT2D eigenvalue weighted by Gasteiger charge is -2.01. The van der Waals surface area contributed by atoms with E-state index in [9.17, 15) is 9.18 Å². The van der Waals surface area contributed by atoms with E-state index in [0.29, 0.717) is 13.0 Å². The molecule has 6 heteroatoms. The number of hydrogen-bond acceptors (Lipinski definition) is 3. The highest BCUT2D eigenvalue weighted by Gasteiger charge is 2.09. The van der Waals surface area contributed by atoms with Crippen molar-refractivity contribution in [3.63, 3.8) is 0 Å². The Morgan fingerprint density at radius 2 is 2.11 bits per heavy atom. The average molecular weight is 263 g/mol. The number of halogens is 1. The van der Waals surface area contributed by atoms with Gasteiger partial charge in [0.15, 0.2) is 0 Å². The van der Waals surface area contributed by atoms with Crippen molar-refractivity contribution < 1.29 is 14.3 Å². The third kappa shape index (κ3) is 3.38. The van der Waals surface area contributed by atoms with Gasteiger partial charge in [-0.1, -0.05) is 0 Å². The summed E-state index contributed by atoms with van der Waals surface area (Å²) in [6.07, 6.45) is 3.57. The summed E-state index contributed by atoms with van der Waals surface area (Å²) in [5.41, 5.74) is 1.01. The lowest BCUT2D eigenvalue weighted by molar-refractivity contribution is 0.0946. The summed E-state index contributed by atoms with van der Waals surface area (Å²) >= 11 is 0. The van der Waals surface area contributed by atoms with Gasteiger partial charge in [-0.2, -0.15) is 0 Å². The van der Waals surface area contributed by atoms with Gasteiger partial charge in [0.25, 0.3) is 5.91 Å². The minimum absolute atomic E-state index is 0.0320. The molecule has 0 fully saturated rings. The van der Waals surface area contributed by atoms with Crippen LogP contribution in [0.3, 0.4) is 0 Å². The smallest absolute Gasteiger partial charge is 0.271 e. The van der Waals surface area contributed by atoms with Crippen LogP contribution in [0.2, 0.25) is 0 Å². The Kier molecular flexibility index (Phi) is 4.25. The average Bonchev–Trinajstić information content (AvgIpc) is 2.89. The number of rotatable bonds is 5. The zero-order valence-electron chi connectivity index (χ0n) is 10.2. The van der Waals surface area contributed by atoms with Crippen molar-refractivity contribution in [2.75, 3.05) is 13.2 Å². The van der Waals surface area contributed by atoms with Crippen LogP contribution in [0.5, 0.6) is 0 Å². The SMILES string of the molecule is O=C(NCCCO)c1cn(-c2ccc(F)cc2)cn1. The Morgan fingerprint density at radius 3 is 2.79 bits per heavy atom. The van der Waals surface area contributed by atoms with Crippen molar-refractivity contribution >= 4 is 5.91 Å². The number of benzene rings is 1. The number of hydrogen-bond donors (Lipinski definition) is 2. The molecule has 0 atom stereocenters. The molecule has 2 rings (SSSR count). The summed E-state index contributed by atoms with van der Waals surface area (Å²) in [6, 6.07) is 5.89. The van der Waals surface area contributed by atoms with Gasteiger partial charge in [-0.25, -0.2) is 9.37 Å². The number of nitrogens with one attached hydrogen (secondary N) is 1. The highest BCUT2D eigenvalue weighted by molar-refractivity contribution is 5.92. The molecule has 0 spiro atoms. The molecule has 1 aromatic heterocycles. The molecule has 0 saturated heterocycles. The molecular formula is C13H14FN3O2. The van der Waals surface area contributed by atoms with E-state index in [1.54, 1.807) is 22.9 Å². The Hall–Kier alpha value is -2.21. The van der Waals surface area contributed by atoms with Crippen LogP contribution < -0.4 is 5.32 Å². The molecule has 0 saturated carbocycles. The number of nitrogens with zero attached hydrogens (tertiary/aromatic N) is 2. The van der Waals surface area contributed by atoms with Crippen molar-refractivity contribution in [1.29, 1.82) is 0 Å². The maximum absolute atomic E-state index is 12.8. The Bertz CT molecular complexity index is 551. The molecule has 2 aromatic rings. The summed E-state index contributed by atoms with van der Waals surface area (Å²) in [4.78, 5) is 15.7. The number of aliphatic hydroxyl groups excluding tert-OH is 1. The normalized spacial score (nSPS) is 10.4. The van der Waals surface area contributed by atoms with E-state index in [1.165, 1.54) is 18.5 Å². The van der Waals surface area contributed by atoms with E-state index in [4.69, 9.17) is 5.11 Å². The predicted octanol–water partition coefficient (Wildman–Crippen LogP) is 1.12. The third-order valence-corrected chi connectivity index (χ3v) is 2.56. The van der Waals surface area contributed by atoms with Gasteiger partial charge in [0, 0.05) is 25.0 Å². The van der Waals surface area contributed by atoms with E-state index >= 15 is 0 Å². The predicted molar refractivity (Wildman–Crippen MR) is 67.6 cm³/mol. The number of imidazole rings is 1. The zero-order valence-corrected chi connectivity index (χ0v) is 10.2. The van der Waals surface area contributed by atoms with Gasteiger partial charge < -0.3 is 15.0 Å². The van der Waals surface area contributed by atoms with E-state index in [0.717, 1.165) is 5.69 Å². The molecule has 100 valence electrons. The lowest BCUT2D eigenvalue weighted by Crippen LogP contribution is -2.25. The fourth-order valence-corrected chi connectivity index (χ4v) is 1.57. The maximum atomic E-state index is 12.8. The minimum atomic E-state index is -0.314. The largest absolute Gasteiger partial charge is 0.396 e. The van der Waals surface area contributed by atoms with Crippen LogP contribution >= 0.6 is 0 Å². The van der Waals surface area contributed by atoms with Crippen LogP contribution in [0.15, 0.2) is 36.8 Å². The molecule has 0 aliphatic carbocycles. The minimum Gasteiger partial charge on any atom is -0.396 e. The summed E-state index contributed by atoms with van der Waals surface area (Å²) < 4.78 is 14.4. The molecule has 5 nitrogen and oxygen atoms in total. The fraction of sp³-hybridized carbons (Fsp3) is 0.231. The lowest BCUT2D eigenvalue weighted by atomic mass is 10.3. The number of aromatic nitrogens is 2. The van der Waals surface area contributed by atoms with Crippen molar-refractivity contribution in [2.45, 2.75) is 6.42 Å². The van der Waals surface area contributed by atoms with Crippen molar-refractivity contribution in [2.24, 2.45) is 0 Å². The van der Waals surface area contributed by atoms with Crippen LogP contribution in [0.25, 0.3) is 5.69 Å². The highest BCUT2D eigenvalue weighted by atomic mass is 19.1. The van der Waals surface area contributed by atoms with E-state index in [1.807, 2.05) is 0 Å². The molecule has 0 aliphatic heterocycles. The first-order valence-electron chi connectivity index (χ1n) is 5.89.